The van der Waals surface area contributed by atoms with Crippen LogP contribution < -0.4 is 0 Å². The van der Waals surface area contributed by atoms with Gasteiger partial charge in [0, 0.05) is 38.6 Å². The lowest BCUT2D eigenvalue weighted by atomic mass is 9.97. The zero-order valence-corrected chi connectivity index (χ0v) is 16.0. The fourth-order valence-electron chi connectivity index (χ4n) is 4.36. The molecule has 0 unspecified atom stereocenters. The number of piperidine rings is 1. The molecule has 0 bridgehead atoms. The standard InChI is InChI=1S/C19H32N4O2/c1-14(2)18(22-11-15(3)25-16(4)12-22)19(24)21-9-5-7-17(13-21)23-10-6-8-20-23/h6,8,10,14-18H,5,7,9,11-13H2,1-4H3/t15-,16-,17+,18+/m1/s1. The van der Waals surface area contributed by atoms with Crippen LogP contribution in [0.2, 0.25) is 0 Å². The molecular formula is C19H32N4O2. The minimum absolute atomic E-state index is 0.0647. The van der Waals surface area contributed by atoms with Crippen molar-refractivity contribution in [3.05, 3.63) is 18.5 Å². The van der Waals surface area contributed by atoms with Gasteiger partial charge in [0.2, 0.25) is 5.91 Å². The molecule has 140 valence electrons. The lowest BCUT2D eigenvalue weighted by Gasteiger charge is -2.43. The Morgan fingerprint density at radius 2 is 1.92 bits per heavy atom. The summed E-state index contributed by atoms with van der Waals surface area (Å²) < 4.78 is 7.86. The van der Waals surface area contributed by atoms with Crippen LogP contribution in [-0.4, -0.2) is 69.9 Å². The molecule has 6 nitrogen and oxygen atoms in total. The molecule has 0 aromatic carbocycles. The number of hydrogen-bond donors (Lipinski definition) is 0. The normalized spacial score (nSPS) is 29.8. The third-order valence-corrected chi connectivity index (χ3v) is 5.33. The summed E-state index contributed by atoms with van der Waals surface area (Å²) in [6.45, 7) is 11.8. The monoisotopic (exact) mass is 348 g/mol. The van der Waals surface area contributed by atoms with E-state index in [1.807, 2.05) is 23.1 Å². The van der Waals surface area contributed by atoms with Gasteiger partial charge >= 0.3 is 0 Å². The smallest absolute Gasteiger partial charge is 0.240 e. The Hall–Kier alpha value is -1.40. The Balaban J connectivity index is 1.71. The zero-order valence-electron chi connectivity index (χ0n) is 16.0. The maximum atomic E-state index is 13.4. The SMILES string of the molecule is CC(C)[C@@H](C(=O)N1CCC[C@H](n2cccn2)C1)N1C[C@@H](C)O[C@H](C)C1. The first-order valence-electron chi connectivity index (χ1n) is 9.63. The Bertz CT molecular complexity index is 550. The molecule has 4 atom stereocenters. The number of carbonyl (C=O) groups is 1. The number of amides is 1. The average molecular weight is 348 g/mol. The minimum atomic E-state index is -0.0647. The number of hydrogen-bond acceptors (Lipinski definition) is 4. The van der Waals surface area contributed by atoms with Gasteiger partial charge in [-0.1, -0.05) is 13.8 Å². The molecule has 1 aromatic heterocycles. The summed E-state index contributed by atoms with van der Waals surface area (Å²) in [6, 6.07) is 2.18. The van der Waals surface area contributed by atoms with Crippen molar-refractivity contribution < 1.29 is 9.53 Å². The number of carbonyl (C=O) groups excluding carboxylic acids is 1. The highest BCUT2D eigenvalue weighted by Gasteiger charge is 2.37. The molecule has 1 amide bonds. The van der Waals surface area contributed by atoms with Gasteiger partial charge in [-0.15, -0.1) is 0 Å². The maximum absolute atomic E-state index is 13.4. The molecule has 1 aromatic rings. The Kier molecular flexibility index (Phi) is 5.79. The van der Waals surface area contributed by atoms with E-state index >= 15 is 0 Å². The van der Waals surface area contributed by atoms with Crippen LogP contribution in [0.1, 0.15) is 46.6 Å². The fraction of sp³-hybridized carbons (Fsp3) is 0.789. The zero-order chi connectivity index (χ0) is 18.0. The van der Waals surface area contributed by atoms with E-state index in [1.54, 1.807) is 0 Å². The highest BCUT2D eigenvalue weighted by atomic mass is 16.5. The maximum Gasteiger partial charge on any atom is 0.240 e. The van der Waals surface area contributed by atoms with Gasteiger partial charge in [-0.25, -0.2) is 0 Å². The summed E-state index contributed by atoms with van der Waals surface area (Å²) in [7, 11) is 0. The highest BCUT2D eigenvalue weighted by molar-refractivity contribution is 5.82. The molecule has 2 aliphatic rings. The van der Waals surface area contributed by atoms with E-state index in [4.69, 9.17) is 4.74 Å². The number of nitrogens with zero attached hydrogens (tertiary/aromatic N) is 4. The molecule has 2 aliphatic heterocycles. The van der Waals surface area contributed by atoms with Crippen molar-refractivity contribution in [2.24, 2.45) is 5.92 Å². The molecule has 25 heavy (non-hydrogen) atoms. The summed E-state index contributed by atoms with van der Waals surface area (Å²) in [4.78, 5) is 17.8. The Labute approximate surface area is 151 Å². The number of morpholine rings is 1. The first-order valence-corrected chi connectivity index (χ1v) is 9.63. The molecule has 0 spiro atoms. The molecule has 0 N–H and O–H groups in total. The van der Waals surface area contributed by atoms with Crippen molar-refractivity contribution in [3.8, 4) is 0 Å². The van der Waals surface area contributed by atoms with Crippen LogP contribution in [0.5, 0.6) is 0 Å². The van der Waals surface area contributed by atoms with Crippen LogP contribution in [-0.2, 0) is 9.53 Å². The molecule has 0 aliphatic carbocycles. The van der Waals surface area contributed by atoms with Gasteiger partial charge in [0.15, 0.2) is 0 Å². The van der Waals surface area contributed by atoms with Crippen molar-refractivity contribution in [1.29, 1.82) is 0 Å². The van der Waals surface area contributed by atoms with Crippen molar-refractivity contribution in [1.82, 2.24) is 19.6 Å². The van der Waals surface area contributed by atoms with Gasteiger partial charge in [-0.3, -0.25) is 14.4 Å². The van der Waals surface area contributed by atoms with Crippen LogP contribution in [0.4, 0.5) is 0 Å². The number of aromatic nitrogens is 2. The topological polar surface area (TPSA) is 50.6 Å². The summed E-state index contributed by atoms with van der Waals surface area (Å²) in [5.74, 6) is 0.559. The van der Waals surface area contributed by atoms with Gasteiger partial charge in [-0.05, 0) is 38.7 Å². The minimum Gasteiger partial charge on any atom is -0.373 e. The third-order valence-electron chi connectivity index (χ3n) is 5.33. The van der Waals surface area contributed by atoms with Crippen molar-refractivity contribution in [2.45, 2.75) is 64.8 Å². The highest BCUT2D eigenvalue weighted by Crippen LogP contribution is 2.25. The number of likely N-dealkylation sites (tertiary alicyclic amines) is 1. The Morgan fingerprint density at radius 3 is 2.52 bits per heavy atom. The molecular weight excluding hydrogens is 316 g/mol. The van der Waals surface area contributed by atoms with Crippen LogP contribution in [0.15, 0.2) is 18.5 Å². The summed E-state index contributed by atoms with van der Waals surface area (Å²) in [6.07, 6.45) is 6.30. The molecule has 2 fully saturated rings. The van der Waals surface area contributed by atoms with Crippen molar-refractivity contribution >= 4 is 5.91 Å². The molecule has 6 heteroatoms. The second-order valence-electron chi connectivity index (χ2n) is 7.97. The van der Waals surface area contributed by atoms with E-state index in [1.165, 1.54) is 0 Å². The van der Waals surface area contributed by atoms with Crippen molar-refractivity contribution in [3.63, 3.8) is 0 Å². The number of rotatable bonds is 4. The second-order valence-corrected chi connectivity index (χ2v) is 7.97. The largest absolute Gasteiger partial charge is 0.373 e. The lowest BCUT2D eigenvalue weighted by Crippen LogP contribution is -2.58. The van der Waals surface area contributed by atoms with Gasteiger partial charge < -0.3 is 9.64 Å². The van der Waals surface area contributed by atoms with Gasteiger partial charge in [0.05, 0.1) is 24.3 Å². The molecule has 0 radical (unpaired) electrons. The predicted molar refractivity (Wildman–Crippen MR) is 97.3 cm³/mol. The van der Waals surface area contributed by atoms with Crippen molar-refractivity contribution in [2.75, 3.05) is 26.2 Å². The Morgan fingerprint density at radius 1 is 1.20 bits per heavy atom. The van der Waals surface area contributed by atoms with E-state index < -0.39 is 0 Å². The van der Waals surface area contributed by atoms with Crippen LogP contribution in [0.25, 0.3) is 0 Å². The van der Waals surface area contributed by atoms with Gasteiger partial charge in [0.25, 0.3) is 0 Å². The summed E-state index contributed by atoms with van der Waals surface area (Å²) in [5, 5.41) is 4.38. The summed E-state index contributed by atoms with van der Waals surface area (Å²) in [5.41, 5.74) is 0. The molecule has 2 saturated heterocycles. The predicted octanol–water partition coefficient (Wildman–Crippen LogP) is 2.18. The van der Waals surface area contributed by atoms with E-state index in [0.29, 0.717) is 6.04 Å². The van der Waals surface area contributed by atoms with Crippen LogP contribution in [0.3, 0.4) is 0 Å². The first kappa shape index (κ1) is 18.4. The van der Waals surface area contributed by atoms with E-state index in [-0.39, 0.29) is 30.1 Å². The fourth-order valence-corrected chi connectivity index (χ4v) is 4.36. The molecule has 0 saturated carbocycles. The lowest BCUT2D eigenvalue weighted by molar-refractivity contribution is -0.147. The van der Waals surface area contributed by atoms with E-state index in [2.05, 4.69) is 42.6 Å². The molecule has 3 rings (SSSR count). The van der Waals surface area contributed by atoms with Crippen LogP contribution in [0, 0.1) is 5.92 Å². The van der Waals surface area contributed by atoms with E-state index in [0.717, 1.165) is 39.0 Å². The van der Waals surface area contributed by atoms with E-state index in [9.17, 15) is 4.79 Å². The summed E-state index contributed by atoms with van der Waals surface area (Å²) >= 11 is 0. The van der Waals surface area contributed by atoms with Gasteiger partial charge in [-0.2, -0.15) is 5.10 Å². The first-order chi connectivity index (χ1) is 12.0. The molecule has 3 heterocycles. The van der Waals surface area contributed by atoms with Crippen LogP contribution >= 0.6 is 0 Å². The third kappa shape index (κ3) is 4.23. The quantitative estimate of drug-likeness (QED) is 0.837. The second kappa shape index (κ2) is 7.87. The average Bonchev–Trinajstić information content (AvgIpc) is 3.08. The number of ether oxygens (including phenoxy) is 1. The van der Waals surface area contributed by atoms with Gasteiger partial charge in [0.1, 0.15) is 0 Å².